The normalized spacial score (nSPS) is 19.8. The molecule has 1 atom stereocenters. The molecule has 2 N–H and O–H groups in total. The topological polar surface area (TPSA) is 88.1 Å². The summed E-state index contributed by atoms with van der Waals surface area (Å²) in [5.74, 6) is -0.816. The summed E-state index contributed by atoms with van der Waals surface area (Å²) in [6, 6.07) is 13.6. The van der Waals surface area contributed by atoms with Crippen LogP contribution in [0.1, 0.15) is 40.4 Å². The smallest absolute Gasteiger partial charge is 0.274 e. The fourth-order valence-electron chi connectivity index (χ4n) is 3.91. The lowest BCUT2D eigenvalue weighted by atomic mass is 9.93. The largest absolute Gasteiger partial charge is 0.491 e. The van der Waals surface area contributed by atoms with E-state index >= 15 is 4.39 Å². The van der Waals surface area contributed by atoms with Crippen molar-refractivity contribution in [2.75, 3.05) is 19.8 Å². The number of benzene rings is 2. The van der Waals surface area contributed by atoms with E-state index in [4.69, 9.17) is 14.7 Å². The number of nitrogens with zero attached hydrogens (tertiary/aromatic N) is 1. The van der Waals surface area contributed by atoms with Gasteiger partial charge in [0.15, 0.2) is 5.67 Å². The van der Waals surface area contributed by atoms with Crippen molar-refractivity contribution in [2.45, 2.75) is 31.1 Å². The molecule has 0 spiro atoms. The zero-order valence-electron chi connectivity index (χ0n) is 16.8. The lowest BCUT2D eigenvalue weighted by Crippen LogP contribution is -2.50. The number of carbonyl (C=O) groups is 2. The quantitative estimate of drug-likeness (QED) is 0.557. The van der Waals surface area contributed by atoms with E-state index in [0.717, 1.165) is 5.56 Å². The van der Waals surface area contributed by atoms with E-state index in [-0.39, 0.29) is 58.3 Å². The zero-order valence-corrected chi connectivity index (χ0v) is 17.8. The Morgan fingerprint density at radius 2 is 1.84 bits per heavy atom. The number of hydrogen-bond donors (Lipinski definition) is 2. The van der Waals surface area contributed by atoms with Crippen molar-refractivity contribution in [3.05, 3.63) is 65.2 Å². The molecule has 2 heterocycles. The Bertz CT molecular complexity index is 937. The number of fused-ring (bicyclic) bond motifs is 1. The fourth-order valence-corrected chi connectivity index (χ4v) is 3.91. The number of nitrogens with one attached hydrogen (secondary N) is 1. The Hall–Kier alpha value is -2.62. The summed E-state index contributed by atoms with van der Waals surface area (Å²) >= 11 is 0. The van der Waals surface area contributed by atoms with Crippen molar-refractivity contribution in [2.24, 2.45) is 0 Å². The molecule has 2 amide bonds. The lowest BCUT2D eigenvalue weighted by Gasteiger charge is -2.37. The summed E-state index contributed by atoms with van der Waals surface area (Å²) in [5.41, 5.74) is 1.33. The SMILES string of the molecule is O=C(NO)c1ccc2c(c1)OC[C@H](c1ccccc1)N(C(=O)C1(F)CCOCC1)C2.S. The van der Waals surface area contributed by atoms with Gasteiger partial charge >= 0.3 is 0 Å². The first-order valence-electron chi connectivity index (χ1n) is 9.85. The van der Waals surface area contributed by atoms with Gasteiger partial charge in [-0.25, -0.2) is 9.87 Å². The second-order valence-corrected chi connectivity index (χ2v) is 7.51. The maximum Gasteiger partial charge on any atom is 0.274 e. The first-order valence-corrected chi connectivity index (χ1v) is 9.85. The molecule has 7 nitrogen and oxygen atoms in total. The van der Waals surface area contributed by atoms with Crippen LogP contribution < -0.4 is 10.2 Å². The van der Waals surface area contributed by atoms with Crippen molar-refractivity contribution >= 4 is 25.3 Å². The summed E-state index contributed by atoms with van der Waals surface area (Å²) in [6.07, 6.45) is 0.0420. The molecule has 4 rings (SSSR count). The number of alkyl halides is 1. The van der Waals surface area contributed by atoms with E-state index < -0.39 is 23.5 Å². The van der Waals surface area contributed by atoms with Gasteiger partial charge in [0.1, 0.15) is 12.4 Å². The molecule has 0 radical (unpaired) electrons. The van der Waals surface area contributed by atoms with Crippen LogP contribution >= 0.6 is 13.5 Å². The molecule has 1 fully saturated rings. The standard InChI is InChI=1S/C22H23FN2O5.H2S/c23-22(8-10-29-11-9-22)21(27)25-13-17-7-6-16(20(26)24-28)12-19(17)30-14-18(25)15-4-2-1-3-5-15;/h1-7,12,18,28H,8-11,13-14H2,(H,24,26);1H2/t18-;/m1./s1. The van der Waals surface area contributed by atoms with Crippen molar-refractivity contribution in [3.63, 3.8) is 0 Å². The van der Waals surface area contributed by atoms with E-state index in [9.17, 15) is 9.59 Å². The van der Waals surface area contributed by atoms with Gasteiger partial charge in [-0.05, 0) is 17.7 Å². The fraction of sp³-hybridized carbons (Fsp3) is 0.364. The first kappa shape index (κ1) is 23.1. The third kappa shape index (κ3) is 4.68. The van der Waals surface area contributed by atoms with Crippen molar-refractivity contribution in [3.8, 4) is 5.75 Å². The molecule has 0 saturated carbocycles. The molecule has 0 bridgehead atoms. The maximum atomic E-state index is 15.6. The number of rotatable bonds is 3. The van der Waals surface area contributed by atoms with Crippen molar-refractivity contribution < 1.29 is 28.7 Å². The van der Waals surface area contributed by atoms with Crippen molar-refractivity contribution in [1.29, 1.82) is 0 Å². The minimum Gasteiger partial charge on any atom is -0.491 e. The van der Waals surface area contributed by atoms with E-state index in [1.54, 1.807) is 11.5 Å². The Labute approximate surface area is 186 Å². The van der Waals surface area contributed by atoms with Gasteiger partial charge in [-0.3, -0.25) is 14.8 Å². The average Bonchev–Trinajstić information content (AvgIpc) is 2.98. The second kappa shape index (κ2) is 9.67. The van der Waals surface area contributed by atoms with E-state index in [2.05, 4.69) is 0 Å². The highest BCUT2D eigenvalue weighted by Crippen LogP contribution is 2.37. The van der Waals surface area contributed by atoms with Crippen LogP contribution in [0.4, 0.5) is 4.39 Å². The number of ether oxygens (including phenoxy) is 2. The molecular formula is C22H25FN2O5S. The minimum absolute atomic E-state index is 0. The molecule has 0 unspecified atom stereocenters. The number of carbonyl (C=O) groups excluding carboxylic acids is 2. The number of hydrogen-bond acceptors (Lipinski definition) is 5. The lowest BCUT2D eigenvalue weighted by molar-refractivity contribution is -0.154. The second-order valence-electron chi connectivity index (χ2n) is 7.51. The first-order chi connectivity index (χ1) is 14.5. The molecule has 2 aliphatic heterocycles. The van der Waals surface area contributed by atoms with Crippen LogP contribution in [0.15, 0.2) is 48.5 Å². The molecule has 166 valence electrons. The molecule has 2 aromatic carbocycles. The van der Waals surface area contributed by atoms with Crippen LogP contribution in [0.25, 0.3) is 0 Å². The highest BCUT2D eigenvalue weighted by molar-refractivity contribution is 7.59. The van der Waals surface area contributed by atoms with Crippen LogP contribution in [0.3, 0.4) is 0 Å². The monoisotopic (exact) mass is 448 g/mol. The van der Waals surface area contributed by atoms with Crippen LogP contribution in [0, 0.1) is 0 Å². The Balaban J connectivity index is 0.00000272. The number of halogens is 1. The van der Waals surface area contributed by atoms with Gasteiger partial charge in [-0.1, -0.05) is 36.4 Å². The zero-order chi connectivity index (χ0) is 21.1. The Morgan fingerprint density at radius 3 is 2.52 bits per heavy atom. The Morgan fingerprint density at radius 1 is 1.13 bits per heavy atom. The summed E-state index contributed by atoms with van der Waals surface area (Å²) in [4.78, 5) is 26.7. The minimum atomic E-state index is -1.98. The molecule has 31 heavy (non-hydrogen) atoms. The van der Waals surface area contributed by atoms with Gasteiger partial charge in [-0.15, -0.1) is 0 Å². The molecule has 2 aromatic rings. The van der Waals surface area contributed by atoms with Gasteiger partial charge in [0.25, 0.3) is 11.8 Å². The van der Waals surface area contributed by atoms with Crippen LogP contribution in [0.2, 0.25) is 0 Å². The van der Waals surface area contributed by atoms with Crippen LogP contribution in [-0.2, 0) is 16.1 Å². The Kier molecular flexibility index (Phi) is 7.19. The predicted molar refractivity (Wildman–Crippen MR) is 115 cm³/mol. The molecular weight excluding hydrogens is 423 g/mol. The third-order valence-electron chi connectivity index (χ3n) is 5.66. The van der Waals surface area contributed by atoms with E-state index in [0.29, 0.717) is 11.3 Å². The molecule has 0 aliphatic carbocycles. The highest BCUT2D eigenvalue weighted by atomic mass is 32.1. The van der Waals surface area contributed by atoms with Gasteiger partial charge in [0.05, 0.1) is 25.8 Å². The summed E-state index contributed by atoms with van der Waals surface area (Å²) in [5, 5.41) is 8.88. The van der Waals surface area contributed by atoms with Crippen molar-refractivity contribution in [1.82, 2.24) is 10.4 Å². The molecule has 1 saturated heterocycles. The average molecular weight is 449 g/mol. The van der Waals surface area contributed by atoms with Gasteiger partial charge < -0.3 is 14.4 Å². The van der Waals surface area contributed by atoms with Crippen LogP contribution in [-0.4, -0.2) is 47.4 Å². The highest BCUT2D eigenvalue weighted by Gasteiger charge is 2.45. The summed E-state index contributed by atoms with van der Waals surface area (Å²) in [7, 11) is 0. The van der Waals surface area contributed by atoms with Gasteiger partial charge in [0.2, 0.25) is 0 Å². The number of amides is 2. The van der Waals surface area contributed by atoms with Crippen LogP contribution in [0.5, 0.6) is 5.75 Å². The predicted octanol–water partition coefficient (Wildman–Crippen LogP) is 2.90. The molecule has 0 aromatic heterocycles. The molecule has 2 aliphatic rings. The number of hydroxylamine groups is 1. The maximum absolute atomic E-state index is 15.6. The third-order valence-corrected chi connectivity index (χ3v) is 5.66. The summed E-state index contributed by atoms with van der Waals surface area (Å²) in [6.45, 7) is 0.665. The summed E-state index contributed by atoms with van der Waals surface area (Å²) < 4.78 is 26.8. The van der Waals surface area contributed by atoms with E-state index in [1.807, 2.05) is 30.3 Å². The van der Waals surface area contributed by atoms with Gasteiger partial charge in [-0.2, -0.15) is 13.5 Å². The van der Waals surface area contributed by atoms with E-state index in [1.165, 1.54) is 17.0 Å². The van der Waals surface area contributed by atoms with Gasteiger partial charge in [0, 0.05) is 24.0 Å². The molecule has 9 heteroatoms.